The number of benzene rings is 6. The van der Waals surface area contributed by atoms with Crippen LogP contribution in [0.15, 0.2) is 152 Å². The minimum absolute atomic E-state index is 0.0134. The maximum absolute atomic E-state index is 10.0. The summed E-state index contributed by atoms with van der Waals surface area (Å²) in [5.41, 5.74) is 11.3. The van der Waals surface area contributed by atoms with Gasteiger partial charge in [0, 0.05) is 46.0 Å². The summed E-state index contributed by atoms with van der Waals surface area (Å²) in [6.07, 6.45) is 1.91. The van der Waals surface area contributed by atoms with E-state index in [0.717, 1.165) is 67.6 Å². The molecule has 0 radical (unpaired) electrons. The Bertz CT molecular complexity index is 2850. The molecule has 57 heavy (non-hydrogen) atoms. The van der Waals surface area contributed by atoms with Crippen LogP contribution in [-0.2, 0) is 10.8 Å². The predicted octanol–water partition coefficient (Wildman–Crippen LogP) is 13.4. The third kappa shape index (κ3) is 6.55. The number of nitrogens with zero attached hydrogens (tertiary/aromatic N) is 5. The van der Waals surface area contributed by atoms with Crippen molar-refractivity contribution in [3.05, 3.63) is 168 Å². The van der Waals surface area contributed by atoms with E-state index in [2.05, 4.69) is 183 Å². The van der Waals surface area contributed by atoms with Gasteiger partial charge in [-0.25, -0.2) is 4.98 Å². The molecule has 1 aliphatic rings. The average molecular weight is 744 g/mol. The van der Waals surface area contributed by atoms with Crippen molar-refractivity contribution in [2.24, 2.45) is 0 Å². The van der Waals surface area contributed by atoms with Crippen LogP contribution in [0.5, 0.6) is 11.5 Å². The molecule has 8 aromatic rings. The fourth-order valence-electron chi connectivity index (χ4n) is 7.95. The van der Waals surface area contributed by atoms with Crippen LogP contribution in [0.4, 0.5) is 22.7 Å². The van der Waals surface area contributed by atoms with Gasteiger partial charge in [0.05, 0.1) is 34.0 Å². The Morgan fingerprint density at radius 2 is 1.26 bits per heavy atom. The van der Waals surface area contributed by atoms with E-state index in [-0.39, 0.29) is 10.8 Å². The molecule has 6 aromatic carbocycles. The van der Waals surface area contributed by atoms with Gasteiger partial charge in [0.25, 0.3) is 0 Å². The summed E-state index contributed by atoms with van der Waals surface area (Å²) >= 11 is 0. The van der Waals surface area contributed by atoms with E-state index < -0.39 is 0 Å². The first-order chi connectivity index (χ1) is 27.5. The molecular weight excluding hydrogens is 699 g/mol. The Labute approximate surface area is 334 Å². The number of nitriles is 1. The Morgan fingerprint density at radius 1 is 0.579 bits per heavy atom. The SMILES string of the molecule is CC(C)(C)c1cc(Oc2ccc3c4ccccc4n(-c4cc(C(C)(C)C)ccn4)c3c2)cc(N2CN(c3ccc(C#N)c(-c4ccccc4)c3)c3ccccc32)c1. The van der Waals surface area contributed by atoms with Crippen molar-refractivity contribution in [2.75, 3.05) is 16.5 Å². The van der Waals surface area contributed by atoms with Crippen molar-refractivity contribution < 1.29 is 4.74 Å². The number of hydrogen-bond acceptors (Lipinski definition) is 5. The number of ether oxygens (including phenoxy) is 1. The largest absolute Gasteiger partial charge is 0.457 e. The molecule has 0 saturated heterocycles. The van der Waals surface area contributed by atoms with E-state index in [1.54, 1.807) is 0 Å². The summed E-state index contributed by atoms with van der Waals surface area (Å²) in [6.45, 7) is 14.0. The zero-order valence-electron chi connectivity index (χ0n) is 33.3. The maximum atomic E-state index is 10.0. The lowest BCUT2D eigenvalue weighted by molar-refractivity contribution is 0.479. The van der Waals surface area contributed by atoms with Crippen LogP contribution in [0.25, 0.3) is 38.8 Å². The number of fused-ring (bicyclic) bond motifs is 4. The van der Waals surface area contributed by atoms with Crippen LogP contribution in [0.2, 0.25) is 0 Å². The molecule has 0 bridgehead atoms. The van der Waals surface area contributed by atoms with Crippen LogP contribution in [0.1, 0.15) is 58.2 Å². The van der Waals surface area contributed by atoms with E-state index in [1.165, 1.54) is 16.5 Å². The molecule has 6 nitrogen and oxygen atoms in total. The topological polar surface area (TPSA) is 57.3 Å². The summed E-state index contributed by atoms with van der Waals surface area (Å²) in [5, 5.41) is 12.3. The van der Waals surface area contributed by atoms with Gasteiger partial charge < -0.3 is 14.5 Å². The quantitative estimate of drug-likeness (QED) is 0.170. The highest BCUT2D eigenvalue weighted by Gasteiger charge is 2.30. The van der Waals surface area contributed by atoms with E-state index >= 15 is 0 Å². The smallest absolute Gasteiger partial charge is 0.137 e. The Hall–Kier alpha value is -6.84. The molecule has 2 aromatic heterocycles. The van der Waals surface area contributed by atoms with Crippen LogP contribution in [0, 0.1) is 11.3 Å². The molecule has 0 spiro atoms. The van der Waals surface area contributed by atoms with Gasteiger partial charge >= 0.3 is 0 Å². The van der Waals surface area contributed by atoms with Crippen molar-refractivity contribution in [1.82, 2.24) is 9.55 Å². The lowest BCUT2D eigenvalue weighted by Crippen LogP contribution is -2.24. The predicted molar refractivity (Wildman–Crippen MR) is 235 cm³/mol. The van der Waals surface area contributed by atoms with Gasteiger partial charge in [-0.3, -0.25) is 4.57 Å². The molecule has 0 N–H and O–H groups in total. The average Bonchev–Trinajstić information content (AvgIpc) is 3.76. The second kappa shape index (κ2) is 13.7. The van der Waals surface area contributed by atoms with Gasteiger partial charge in [-0.2, -0.15) is 5.26 Å². The first kappa shape index (κ1) is 35.8. The number of aromatic nitrogens is 2. The molecule has 0 amide bonds. The molecule has 280 valence electrons. The molecule has 0 fully saturated rings. The zero-order chi connectivity index (χ0) is 39.5. The molecule has 6 heteroatoms. The number of rotatable bonds is 6. The zero-order valence-corrected chi connectivity index (χ0v) is 33.3. The summed E-state index contributed by atoms with van der Waals surface area (Å²) in [7, 11) is 0. The third-order valence-electron chi connectivity index (χ3n) is 11.1. The fraction of sp³-hybridized carbons (Fsp3) is 0.176. The lowest BCUT2D eigenvalue weighted by atomic mass is 9.86. The van der Waals surface area contributed by atoms with Gasteiger partial charge in [0.2, 0.25) is 0 Å². The van der Waals surface area contributed by atoms with Crippen molar-refractivity contribution >= 4 is 44.6 Å². The Kier molecular flexibility index (Phi) is 8.63. The molecule has 3 heterocycles. The normalized spacial score (nSPS) is 12.9. The fourth-order valence-corrected chi connectivity index (χ4v) is 7.95. The summed E-state index contributed by atoms with van der Waals surface area (Å²) in [6, 6.07) is 53.0. The van der Waals surface area contributed by atoms with Gasteiger partial charge in [-0.15, -0.1) is 0 Å². The highest BCUT2D eigenvalue weighted by molar-refractivity contribution is 6.09. The summed E-state index contributed by atoms with van der Waals surface area (Å²) in [5.74, 6) is 2.41. The molecule has 0 atom stereocenters. The number of pyridine rings is 1. The lowest BCUT2D eigenvalue weighted by Gasteiger charge is -2.26. The van der Waals surface area contributed by atoms with Crippen LogP contribution < -0.4 is 14.5 Å². The Morgan fingerprint density at radius 3 is 2.00 bits per heavy atom. The molecule has 0 aliphatic carbocycles. The minimum Gasteiger partial charge on any atom is -0.457 e. The van der Waals surface area contributed by atoms with E-state index in [0.29, 0.717) is 12.2 Å². The van der Waals surface area contributed by atoms with Crippen LogP contribution >= 0.6 is 0 Å². The monoisotopic (exact) mass is 743 g/mol. The number of anilines is 4. The summed E-state index contributed by atoms with van der Waals surface area (Å²) in [4.78, 5) is 9.55. The number of hydrogen-bond donors (Lipinski definition) is 0. The van der Waals surface area contributed by atoms with E-state index in [1.807, 2.05) is 30.5 Å². The van der Waals surface area contributed by atoms with Crippen molar-refractivity contribution in [2.45, 2.75) is 52.4 Å². The first-order valence-corrected chi connectivity index (χ1v) is 19.5. The van der Waals surface area contributed by atoms with Crippen LogP contribution in [-0.4, -0.2) is 16.2 Å². The standard InChI is InChI=1S/C51H45N5O/c1-50(2,3)36-24-25-53-49(28-36)56-45-17-11-10-16-42(45)43-23-22-40(31-48(43)56)57-41-27-37(51(4,5)6)26-39(29-41)55-33-54(46-18-12-13-19-47(46)55)38-21-20-35(32-52)44(30-38)34-14-8-7-9-15-34/h7-31H,33H2,1-6H3. The van der Waals surface area contributed by atoms with Gasteiger partial charge in [-0.05, 0) is 100 Å². The molecular formula is C51H45N5O. The molecule has 0 unspecified atom stereocenters. The van der Waals surface area contributed by atoms with E-state index in [4.69, 9.17) is 9.72 Å². The van der Waals surface area contributed by atoms with Crippen molar-refractivity contribution in [1.29, 1.82) is 5.26 Å². The van der Waals surface area contributed by atoms with Gasteiger partial charge in [-0.1, -0.05) is 102 Å². The van der Waals surface area contributed by atoms with E-state index in [9.17, 15) is 5.26 Å². The molecule has 9 rings (SSSR count). The second-order valence-electron chi connectivity index (χ2n) is 16.9. The first-order valence-electron chi connectivity index (χ1n) is 19.5. The van der Waals surface area contributed by atoms with Gasteiger partial charge in [0.15, 0.2) is 0 Å². The highest BCUT2D eigenvalue weighted by Crippen LogP contribution is 2.47. The second-order valence-corrected chi connectivity index (χ2v) is 16.9. The minimum atomic E-state index is -0.134. The number of para-hydroxylation sites is 3. The maximum Gasteiger partial charge on any atom is 0.137 e. The third-order valence-corrected chi connectivity index (χ3v) is 11.1. The Balaban J connectivity index is 1.12. The van der Waals surface area contributed by atoms with Crippen molar-refractivity contribution in [3.63, 3.8) is 0 Å². The van der Waals surface area contributed by atoms with Crippen LogP contribution in [0.3, 0.4) is 0 Å². The van der Waals surface area contributed by atoms with Gasteiger partial charge in [0.1, 0.15) is 24.0 Å². The highest BCUT2D eigenvalue weighted by atomic mass is 16.5. The molecule has 1 aliphatic heterocycles. The molecule has 0 saturated carbocycles. The summed E-state index contributed by atoms with van der Waals surface area (Å²) < 4.78 is 9.13. The van der Waals surface area contributed by atoms with Crippen molar-refractivity contribution in [3.8, 4) is 34.5 Å².